The zero-order valence-corrected chi connectivity index (χ0v) is 5.76. The molecule has 0 saturated heterocycles. The van der Waals surface area contributed by atoms with E-state index in [0.717, 1.165) is 0 Å². The van der Waals surface area contributed by atoms with Gasteiger partial charge < -0.3 is 10.4 Å². The molecule has 10 heavy (non-hydrogen) atoms. The van der Waals surface area contributed by atoms with Gasteiger partial charge >= 0.3 is 0 Å². The number of carbonyl (C=O) groups is 1. The predicted molar refractivity (Wildman–Crippen MR) is 39.4 cm³/mol. The summed E-state index contributed by atoms with van der Waals surface area (Å²) in [5.41, 5.74) is 0.168. The summed E-state index contributed by atoms with van der Waals surface area (Å²) in [7, 11) is 0. The number of hydrogen-bond acceptors (Lipinski definition) is 2. The summed E-state index contributed by atoms with van der Waals surface area (Å²) in [6.07, 6.45) is 1.56. The van der Waals surface area contributed by atoms with Crippen molar-refractivity contribution < 1.29 is 9.90 Å². The van der Waals surface area contributed by atoms with Gasteiger partial charge in [0.05, 0.1) is 6.61 Å². The molecule has 56 valence electrons. The quantitative estimate of drug-likeness (QED) is 0.422. The summed E-state index contributed by atoms with van der Waals surface area (Å²) >= 11 is 0. The lowest BCUT2D eigenvalue weighted by molar-refractivity contribution is -0.117. The van der Waals surface area contributed by atoms with Crippen LogP contribution in [-0.4, -0.2) is 24.2 Å². The van der Waals surface area contributed by atoms with E-state index in [1.54, 1.807) is 6.08 Å². The fourth-order valence-corrected chi connectivity index (χ4v) is 0.362. The second kappa shape index (κ2) is 4.76. The fourth-order valence-electron chi connectivity index (χ4n) is 0.362. The van der Waals surface area contributed by atoms with Crippen LogP contribution in [0.2, 0.25) is 0 Å². The van der Waals surface area contributed by atoms with Gasteiger partial charge in [0.15, 0.2) is 0 Å². The molecule has 0 spiro atoms. The molecule has 0 aliphatic carbocycles. The molecular formula is C7H11NO2. The lowest BCUT2D eigenvalue weighted by atomic mass is 10.3. The van der Waals surface area contributed by atoms with E-state index >= 15 is 0 Å². The van der Waals surface area contributed by atoms with Crippen molar-refractivity contribution in [1.29, 1.82) is 0 Å². The Morgan fingerprint density at radius 1 is 1.70 bits per heavy atom. The Labute approximate surface area is 60.1 Å². The number of rotatable bonds is 4. The van der Waals surface area contributed by atoms with Gasteiger partial charge in [0, 0.05) is 12.1 Å². The molecule has 0 aromatic rings. The minimum Gasteiger partial charge on any atom is -0.391 e. The Bertz CT molecular complexity index is 152. The van der Waals surface area contributed by atoms with Crippen molar-refractivity contribution in [1.82, 2.24) is 5.32 Å². The Kier molecular flexibility index (Phi) is 4.24. The van der Waals surface area contributed by atoms with Crippen LogP contribution in [0.25, 0.3) is 0 Å². The van der Waals surface area contributed by atoms with Crippen LogP contribution >= 0.6 is 0 Å². The van der Waals surface area contributed by atoms with E-state index in [4.69, 9.17) is 5.11 Å². The first-order valence-electron chi connectivity index (χ1n) is 2.90. The van der Waals surface area contributed by atoms with E-state index in [2.05, 4.69) is 18.5 Å². The molecule has 0 aromatic carbocycles. The van der Waals surface area contributed by atoms with Crippen molar-refractivity contribution in [3.63, 3.8) is 0 Å². The lowest BCUT2D eigenvalue weighted by Crippen LogP contribution is -2.25. The topological polar surface area (TPSA) is 49.3 Å². The molecule has 0 atom stereocenters. The maximum absolute atomic E-state index is 10.7. The van der Waals surface area contributed by atoms with Crippen molar-refractivity contribution in [3.05, 3.63) is 24.8 Å². The minimum absolute atomic E-state index is 0.168. The Morgan fingerprint density at radius 2 is 2.30 bits per heavy atom. The van der Waals surface area contributed by atoms with Crippen LogP contribution in [-0.2, 0) is 4.79 Å². The van der Waals surface area contributed by atoms with Crippen LogP contribution in [0.3, 0.4) is 0 Å². The lowest BCUT2D eigenvalue weighted by Gasteiger charge is -2.00. The summed E-state index contributed by atoms with van der Waals surface area (Å²) in [4.78, 5) is 10.7. The van der Waals surface area contributed by atoms with Gasteiger partial charge in [-0.15, -0.1) is 6.58 Å². The van der Waals surface area contributed by atoms with Crippen molar-refractivity contribution in [3.8, 4) is 0 Å². The van der Waals surface area contributed by atoms with Gasteiger partial charge in [-0.05, 0) is 0 Å². The van der Waals surface area contributed by atoms with Crippen LogP contribution in [0.5, 0.6) is 0 Å². The van der Waals surface area contributed by atoms with E-state index in [0.29, 0.717) is 6.54 Å². The van der Waals surface area contributed by atoms with Gasteiger partial charge in [-0.3, -0.25) is 4.79 Å². The Balaban J connectivity index is 3.62. The average Bonchev–Trinajstić information content (AvgIpc) is 1.98. The van der Waals surface area contributed by atoms with Crippen molar-refractivity contribution >= 4 is 5.91 Å². The van der Waals surface area contributed by atoms with Gasteiger partial charge in [-0.2, -0.15) is 0 Å². The first-order valence-corrected chi connectivity index (χ1v) is 2.90. The molecule has 0 aromatic heterocycles. The summed E-state index contributed by atoms with van der Waals surface area (Å²) in [5.74, 6) is -0.331. The average molecular weight is 141 g/mol. The molecule has 1 amide bonds. The fraction of sp³-hybridized carbons (Fsp3) is 0.286. The maximum Gasteiger partial charge on any atom is 0.249 e. The number of hydrogen-bond donors (Lipinski definition) is 2. The third-order valence-electron chi connectivity index (χ3n) is 0.919. The van der Waals surface area contributed by atoms with Gasteiger partial charge in [0.2, 0.25) is 5.91 Å². The highest BCUT2D eigenvalue weighted by Crippen LogP contribution is 1.85. The molecule has 0 bridgehead atoms. The molecule has 0 saturated carbocycles. The van der Waals surface area contributed by atoms with Crippen LogP contribution in [0.15, 0.2) is 24.8 Å². The zero-order valence-electron chi connectivity index (χ0n) is 5.76. The van der Waals surface area contributed by atoms with E-state index < -0.39 is 0 Å². The van der Waals surface area contributed by atoms with E-state index in [1.807, 2.05) is 0 Å². The number of aliphatic hydroxyl groups is 1. The van der Waals surface area contributed by atoms with Crippen molar-refractivity contribution in [2.45, 2.75) is 0 Å². The number of carbonyl (C=O) groups excluding carboxylic acids is 1. The molecule has 0 aliphatic rings. The smallest absolute Gasteiger partial charge is 0.249 e. The van der Waals surface area contributed by atoms with Crippen LogP contribution in [0, 0.1) is 0 Å². The highest BCUT2D eigenvalue weighted by atomic mass is 16.3. The summed E-state index contributed by atoms with van der Waals surface area (Å²) in [6.45, 7) is 6.84. The first-order chi connectivity index (χ1) is 4.72. The van der Waals surface area contributed by atoms with Crippen LogP contribution < -0.4 is 5.32 Å². The summed E-state index contributed by atoms with van der Waals surface area (Å²) in [6, 6.07) is 0. The monoisotopic (exact) mass is 141 g/mol. The Hall–Kier alpha value is -1.09. The molecule has 0 fully saturated rings. The van der Waals surface area contributed by atoms with Gasteiger partial charge in [-0.25, -0.2) is 0 Å². The van der Waals surface area contributed by atoms with E-state index in [1.165, 1.54) is 0 Å². The van der Waals surface area contributed by atoms with Crippen molar-refractivity contribution in [2.24, 2.45) is 0 Å². The molecule has 3 nitrogen and oxygen atoms in total. The third kappa shape index (κ3) is 3.04. The molecule has 0 heterocycles. The molecule has 2 N–H and O–H groups in total. The number of nitrogens with one attached hydrogen (secondary N) is 1. The summed E-state index contributed by atoms with van der Waals surface area (Å²) in [5, 5.41) is 10.9. The van der Waals surface area contributed by atoms with E-state index in [-0.39, 0.29) is 18.1 Å². The molecule has 0 radical (unpaired) electrons. The number of amides is 1. The molecule has 0 unspecified atom stereocenters. The van der Waals surface area contributed by atoms with Crippen LogP contribution in [0.4, 0.5) is 0 Å². The minimum atomic E-state index is -0.331. The highest BCUT2D eigenvalue weighted by Gasteiger charge is 2.01. The maximum atomic E-state index is 10.7. The van der Waals surface area contributed by atoms with Gasteiger partial charge in [0.1, 0.15) is 0 Å². The SMILES string of the molecule is C=CCNC(=O)C(=C)CO. The van der Waals surface area contributed by atoms with E-state index in [9.17, 15) is 4.79 Å². The van der Waals surface area contributed by atoms with Gasteiger partial charge in [0.25, 0.3) is 0 Å². The zero-order chi connectivity index (χ0) is 7.98. The molecule has 0 aliphatic heterocycles. The van der Waals surface area contributed by atoms with Crippen LogP contribution in [0.1, 0.15) is 0 Å². The molecule has 3 heteroatoms. The third-order valence-corrected chi connectivity index (χ3v) is 0.919. The summed E-state index contributed by atoms with van der Waals surface area (Å²) < 4.78 is 0. The van der Waals surface area contributed by atoms with Crippen molar-refractivity contribution in [2.75, 3.05) is 13.2 Å². The second-order valence-corrected chi connectivity index (χ2v) is 1.76. The first kappa shape index (κ1) is 8.91. The largest absolute Gasteiger partial charge is 0.391 e. The highest BCUT2D eigenvalue weighted by molar-refractivity contribution is 5.92. The molecular weight excluding hydrogens is 130 g/mol. The van der Waals surface area contributed by atoms with Gasteiger partial charge in [-0.1, -0.05) is 12.7 Å². The standard InChI is InChI=1S/C7H11NO2/c1-3-4-8-7(10)6(2)5-9/h3,9H,1-2,4-5H2,(H,8,10). The normalized spacial score (nSPS) is 8.50. The number of aliphatic hydroxyl groups excluding tert-OH is 1. The second-order valence-electron chi connectivity index (χ2n) is 1.76. The molecule has 0 rings (SSSR count). The predicted octanol–water partition coefficient (Wildman–Crippen LogP) is -0.163. The Morgan fingerprint density at radius 3 is 2.70 bits per heavy atom.